The van der Waals surface area contributed by atoms with Gasteiger partial charge in [0, 0.05) is 0 Å². The first-order valence-corrected chi connectivity index (χ1v) is 4.39. The molecule has 0 aromatic heterocycles. The Bertz CT molecular complexity index is 118. The SMILES string of the molecule is ClC(Cl)=CCCC(Cl)(Cl)Cl. The molecule has 0 spiro atoms. The highest BCUT2D eigenvalue weighted by Crippen LogP contribution is 2.31. The van der Waals surface area contributed by atoms with Gasteiger partial charge in [-0.25, -0.2) is 0 Å². The van der Waals surface area contributed by atoms with Crippen molar-refractivity contribution in [2.45, 2.75) is 16.6 Å². The summed E-state index contributed by atoms with van der Waals surface area (Å²) in [5.41, 5.74) is 0. The predicted octanol–water partition coefficient (Wildman–Crippen LogP) is 4.46. The van der Waals surface area contributed by atoms with Gasteiger partial charge >= 0.3 is 0 Å². The molecule has 60 valence electrons. The normalized spacial score (nSPS) is 11.3. The molecule has 0 nitrogen and oxygen atoms in total. The van der Waals surface area contributed by atoms with Crippen LogP contribution in [0.4, 0.5) is 0 Å². The third kappa shape index (κ3) is 9.19. The summed E-state index contributed by atoms with van der Waals surface area (Å²) in [6.07, 6.45) is 2.57. The van der Waals surface area contributed by atoms with E-state index < -0.39 is 3.79 Å². The van der Waals surface area contributed by atoms with Crippen molar-refractivity contribution in [1.29, 1.82) is 0 Å². The van der Waals surface area contributed by atoms with Crippen LogP contribution in [0.25, 0.3) is 0 Å². The van der Waals surface area contributed by atoms with E-state index in [1.54, 1.807) is 6.08 Å². The van der Waals surface area contributed by atoms with Crippen molar-refractivity contribution in [2.24, 2.45) is 0 Å². The van der Waals surface area contributed by atoms with Gasteiger partial charge in [0.2, 0.25) is 0 Å². The zero-order valence-corrected chi connectivity index (χ0v) is 8.66. The highest BCUT2D eigenvalue weighted by atomic mass is 35.6. The second-order valence-electron chi connectivity index (χ2n) is 1.65. The van der Waals surface area contributed by atoms with E-state index in [2.05, 4.69) is 0 Å². The molecule has 0 aliphatic rings. The molecule has 0 bridgehead atoms. The van der Waals surface area contributed by atoms with Crippen LogP contribution in [0.2, 0.25) is 0 Å². The Kier molecular flexibility index (Phi) is 5.54. The van der Waals surface area contributed by atoms with Crippen molar-refractivity contribution in [1.82, 2.24) is 0 Å². The summed E-state index contributed by atoms with van der Waals surface area (Å²) in [5, 5.41) is 0. The van der Waals surface area contributed by atoms with Gasteiger partial charge in [-0.2, -0.15) is 0 Å². The molecule has 0 saturated carbocycles. The monoisotopic (exact) mass is 240 g/mol. The minimum absolute atomic E-state index is 0.203. The van der Waals surface area contributed by atoms with Crippen molar-refractivity contribution in [2.75, 3.05) is 0 Å². The maximum absolute atomic E-state index is 5.43. The van der Waals surface area contributed by atoms with E-state index in [9.17, 15) is 0 Å². The van der Waals surface area contributed by atoms with Crippen molar-refractivity contribution >= 4 is 58.0 Å². The van der Waals surface area contributed by atoms with E-state index in [0.29, 0.717) is 12.8 Å². The highest BCUT2D eigenvalue weighted by Gasteiger charge is 2.17. The van der Waals surface area contributed by atoms with Gasteiger partial charge in [0.25, 0.3) is 0 Å². The predicted molar refractivity (Wildman–Crippen MR) is 49.3 cm³/mol. The molecule has 0 saturated heterocycles. The number of rotatable bonds is 2. The molecule has 0 aromatic carbocycles. The van der Waals surface area contributed by atoms with Gasteiger partial charge in [0.05, 0.1) is 0 Å². The average molecular weight is 242 g/mol. The fourth-order valence-corrected chi connectivity index (χ4v) is 0.890. The minimum Gasteiger partial charge on any atom is -0.0837 e. The van der Waals surface area contributed by atoms with Crippen LogP contribution in [-0.2, 0) is 0 Å². The summed E-state index contributed by atoms with van der Waals surface area (Å²) in [6, 6.07) is 0. The first-order chi connectivity index (χ1) is 4.42. The molecule has 10 heavy (non-hydrogen) atoms. The molecular weight excluding hydrogens is 237 g/mol. The maximum atomic E-state index is 5.43. The summed E-state index contributed by atoms with van der Waals surface area (Å²) in [6.45, 7) is 0. The zero-order chi connectivity index (χ0) is 8.20. The third-order valence-corrected chi connectivity index (χ3v) is 1.60. The Hall–Kier alpha value is 1.19. The summed E-state index contributed by atoms with van der Waals surface area (Å²) in [4.78, 5) is 0. The van der Waals surface area contributed by atoms with Crippen LogP contribution in [0, 0.1) is 0 Å². The topological polar surface area (TPSA) is 0 Å². The standard InChI is InChI=1S/C5H5Cl5/c6-4(7)2-1-3-5(8,9)10/h2H,1,3H2. The molecule has 0 fully saturated rings. The van der Waals surface area contributed by atoms with E-state index in [-0.39, 0.29) is 4.49 Å². The number of hydrogen-bond donors (Lipinski definition) is 0. The fraction of sp³-hybridized carbons (Fsp3) is 0.600. The quantitative estimate of drug-likeness (QED) is 0.627. The Morgan fingerprint density at radius 1 is 1.20 bits per heavy atom. The van der Waals surface area contributed by atoms with Gasteiger partial charge in [-0.15, -0.1) is 0 Å². The van der Waals surface area contributed by atoms with Crippen LogP contribution in [-0.4, -0.2) is 3.79 Å². The lowest BCUT2D eigenvalue weighted by Gasteiger charge is -2.06. The van der Waals surface area contributed by atoms with Gasteiger partial charge in [-0.3, -0.25) is 0 Å². The lowest BCUT2D eigenvalue weighted by atomic mass is 10.3. The number of allylic oxidation sites excluding steroid dienone is 1. The van der Waals surface area contributed by atoms with E-state index in [4.69, 9.17) is 58.0 Å². The summed E-state index contributed by atoms with van der Waals surface area (Å²) >= 11 is 26.9. The molecule has 5 heteroatoms. The molecule has 0 radical (unpaired) electrons. The number of alkyl halides is 3. The Labute approximate surface area is 85.0 Å². The summed E-state index contributed by atoms with van der Waals surface area (Å²) in [5.74, 6) is 0. The largest absolute Gasteiger partial charge is 0.190 e. The molecule has 0 amide bonds. The second kappa shape index (κ2) is 4.95. The summed E-state index contributed by atoms with van der Waals surface area (Å²) in [7, 11) is 0. The smallest absolute Gasteiger partial charge is 0.0837 e. The van der Waals surface area contributed by atoms with Crippen molar-refractivity contribution in [3.8, 4) is 0 Å². The average Bonchev–Trinajstić information content (AvgIpc) is 1.59. The molecule has 0 aliphatic carbocycles. The van der Waals surface area contributed by atoms with E-state index in [1.807, 2.05) is 0 Å². The van der Waals surface area contributed by atoms with Crippen LogP contribution in [0.3, 0.4) is 0 Å². The molecule has 0 N–H and O–H groups in total. The van der Waals surface area contributed by atoms with Gasteiger partial charge in [0.1, 0.15) is 4.49 Å². The van der Waals surface area contributed by atoms with Gasteiger partial charge in [0.15, 0.2) is 3.79 Å². The van der Waals surface area contributed by atoms with Crippen LogP contribution in [0.1, 0.15) is 12.8 Å². The summed E-state index contributed by atoms with van der Waals surface area (Å²) < 4.78 is -1.01. The fourth-order valence-electron chi connectivity index (χ4n) is 0.345. The van der Waals surface area contributed by atoms with Crippen molar-refractivity contribution < 1.29 is 0 Å². The minimum atomic E-state index is -1.21. The molecule has 0 heterocycles. The number of halogens is 5. The molecule has 0 aromatic rings. The first kappa shape index (κ1) is 11.2. The Balaban J connectivity index is 3.47. The Morgan fingerprint density at radius 3 is 2.00 bits per heavy atom. The third-order valence-electron chi connectivity index (χ3n) is 0.726. The lowest BCUT2D eigenvalue weighted by molar-refractivity contribution is 0.878. The molecule has 0 rings (SSSR count). The van der Waals surface area contributed by atoms with Crippen molar-refractivity contribution in [3.63, 3.8) is 0 Å². The molecule has 0 aliphatic heterocycles. The van der Waals surface area contributed by atoms with Gasteiger partial charge in [-0.05, 0) is 12.8 Å². The van der Waals surface area contributed by atoms with Crippen molar-refractivity contribution in [3.05, 3.63) is 10.6 Å². The van der Waals surface area contributed by atoms with E-state index >= 15 is 0 Å². The molecule has 0 atom stereocenters. The van der Waals surface area contributed by atoms with E-state index in [1.165, 1.54) is 0 Å². The Morgan fingerprint density at radius 2 is 1.70 bits per heavy atom. The number of hydrogen-bond acceptors (Lipinski definition) is 0. The maximum Gasteiger partial charge on any atom is 0.190 e. The molecular formula is C5H5Cl5. The second-order valence-corrected chi connectivity index (χ2v) is 5.17. The lowest BCUT2D eigenvalue weighted by Crippen LogP contribution is -1.99. The zero-order valence-electron chi connectivity index (χ0n) is 4.88. The van der Waals surface area contributed by atoms with Crippen LogP contribution >= 0.6 is 58.0 Å². The van der Waals surface area contributed by atoms with Crippen LogP contribution in [0.15, 0.2) is 10.6 Å². The first-order valence-electron chi connectivity index (χ1n) is 2.50. The van der Waals surface area contributed by atoms with E-state index in [0.717, 1.165) is 0 Å². The molecule has 0 unspecified atom stereocenters. The van der Waals surface area contributed by atoms with Crippen LogP contribution < -0.4 is 0 Å². The van der Waals surface area contributed by atoms with Gasteiger partial charge in [-0.1, -0.05) is 64.1 Å². The van der Waals surface area contributed by atoms with Crippen LogP contribution in [0.5, 0.6) is 0 Å². The van der Waals surface area contributed by atoms with Gasteiger partial charge < -0.3 is 0 Å². The highest BCUT2D eigenvalue weighted by molar-refractivity contribution is 6.67.